The van der Waals surface area contributed by atoms with Gasteiger partial charge in [0.25, 0.3) is 0 Å². The number of rotatable bonds is 3. The third kappa shape index (κ3) is 3.23. The van der Waals surface area contributed by atoms with Crippen LogP contribution in [-0.2, 0) is 9.59 Å². The van der Waals surface area contributed by atoms with Crippen LogP contribution in [0.15, 0.2) is 0 Å². The van der Waals surface area contributed by atoms with Crippen LogP contribution in [0.1, 0.15) is 45.4 Å². The first-order chi connectivity index (χ1) is 10.0. The van der Waals surface area contributed by atoms with E-state index < -0.39 is 0 Å². The van der Waals surface area contributed by atoms with Crippen LogP contribution in [0.3, 0.4) is 0 Å². The van der Waals surface area contributed by atoms with Gasteiger partial charge in [0.2, 0.25) is 11.8 Å². The van der Waals surface area contributed by atoms with Crippen molar-refractivity contribution in [3.63, 3.8) is 0 Å². The van der Waals surface area contributed by atoms with Gasteiger partial charge in [-0.25, -0.2) is 0 Å². The molecule has 5 nitrogen and oxygen atoms in total. The summed E-state index contributed by atoms with van der Waals surface area (Å²) in [6, 6.07) is 1.56. The Morgan fingerprint density at radius 2 is 1.81 bits per heavy atom. The van der Waals surface area contributed by atoms with Crippen molar-refractivity contribution in [1.82, 2.24) is 15.1 Å². The number of hydrogen-bond acceptors (Lipinski definition) is 3. The van der Waals surface area contributed by atoms with E-state index in [-0.39, 0.29) is 17.9 Å². The lowest BCUT2D eigenvalue weighted by Gasteiger charge is -2.36. The molecule has 0 spiro atoms. The van der Waals surface area contributed by atoms with Gasteiger partial charge in [-0.15, -0.1) is 0 Å². The highest BCUT2D eigenvalue weighted by Crippen LogP contribution is 2.38. The topological polar surface area (TPSA) is 52.7 Å². The van der Waals surface area contributed by atoms with Gasteiger partial charge in [-0.2, -0.15) is 0 Å². The molecule has 0 radical (unpaired) electrons. The highest BCUT2D eigenvalue weighted by atomic mass is 16.2. The molecule has 3 fully saturated rings. The second-order valence-corrected chi connectivity index (χ2v) is 7.12. The van der Waals surface area contributed by atoms with E-state index in [4.69, 9.17) is 0 Å². The van der Waals surface area contributed by atoms with Crippen molar-refractivity contribution in [3.8, 4) is 0 Å². The molecule has 2 bridgehead atoms. The summed E-state index contributed by atoms with van der Waals surface area (Å²) in [5, 5.41) is 2.92. The zero-order chi connectivity index (χ0) is 15.0. The minimum atomic E-state index is 0.00110. The van der Waals surface area contributed by atoms with Gasteiger partial charge in [0.1, 0.15) is 0 Å². The average Bonchev–Trinajstić information content (AvgIpc) is 2.92. The molecule has 3 heterocycles. The van der Waals surface area contributed by atoms with E-state index in [2.05, 4.69) is 17.3 Å². The number of carbonyl (C=O) groups is 2. The Morgan fingerprint density at radius 1 is 1.14 bits per heavy atom. The number of piperidine rings is 1. The van der Waals surface area contributed by atoms with Gasteiger partial charge in [0.15, 0.2) is 0 Å². The second-order valence-electron chi connectivity index (χ2n) is 7.12. The van der Waals surface area contributed by atoms with E-state index in [1.807, 2.05) is 4.90 Å². The summed E-state index contributed by atoms with van der Waals surface area (Å²) < 4.78 is 0. The van der Waals surface area contributed by atoms with Gasteiger partial charge in [0.05, 0.1) is 0 Å². The van der Waals surface area contributed by atoms with Crippen LogP contribution < -0.4 is 5.32 Å². The van der Waals surface area contributed by atoms with E-state index in [1.165, 1.54) is 25.7 Å². The Kier molecular flexibility index (Phi) is 4.20. The van der Waals surface area contributed by atoms with Crippen molar-refractivity contribution < 1.29 is 9.59 Å². The quantitative estimate of drug-likeness (QED) is 0.844. The summed E-state index contributed by atoms with van der Waals surface area (Å²) in [6.07, 6.45) is 6.57. The van der Waals surface area contributed by atoms with Gasteiger partial charge in [-0.1, -0.05) is 0 Å². The minimum Gasteiger partial charge on any atom is -0.352 e. The molecule has 0 aromatic rings. The average molecular weight is 293 g/mol. The van der Waals surface area contributed by atoms with E-state index >= 15 is 0 Å². The normalized spacial score (nSPS) is 36.0. The van der Waals surface area contributed by atoms with Crippen molar-refractivity contribution in [2.45, 2.75) is 63.6 Å². The Bertz CT molecular complexity index is 412. The molecule has 0 aromatic heterocycles. The summed E-state index contributed by atoms with van der Waals surface area (Å²) in [6.45, 7) is 3.03. The maximum Gasteiger partial charge on any atom is 0.222 e. The number of carbonyl (C=O) groups excluding carboxylic acids is 2. The molecular weight excluding hydrogens is 266 g/mol. The Hall–Kier alpha value is -1.10. The van der Waals surface area contributed by atoms with Crippen molar-refractivity contribution in [2.24, 2.45) is 5.92 Å². The molecular formula is C16H27N3O2. The SMILES string of the molecule is CC(=O)N[C@H]1CCN(C(=O)CC2CC3CCC(C2)N3C)C1. The largest absolute Gasteiger partial charge is 0.352 e. The fraction of sp³-hybridized carbons (Fsp3) is 0.875. The molecule has 3 aliphatic heterocycles. The standard InChI is InChI=1S/C16H27N3O2/c1-11(20)17-13-5-6-19(10-13)16(21)9-12-7-14-3-4-15(8-12)18(14)2/h12-15H,3-10H2,1-2H3,(H,17,20)/t12?,13-,14?,15?/m0/s1. The molecule has 3 atom stereocenters. The third-order valence-corrected chi connectivity index (χ3v) is 5.61. The lowest BCUT2D eigenvalue weighted by atomic mass is 9.88. The minimum absolute atomic E-state index is 0.00110. The number of amides is 2. The lowest BCUT2D eigenvalue weighted by molar-refractivity contribution is -0.132. The molecule has 0 saturated carbocycles. The van der Waals surface area contributed by atoms with Crippen molar-refractivity contribution in [2.75, 3.05) is 20.1 Å². The summed E-state index contributed by atoms with van der Waals surface area (Å²) in [7, 11) is 2.23. The number of likely N-dealkylation sites (tertiary alicyclic amines) is 1. The molecule has 5 heteroatoms. The van der Waals surface area contributed by atoms with Crippen LogP contribution in [0.4, 0.5) is 0 Å². The molecule has 2 unspecified atom stereocenters. The summed E-state index contributed by atoms with van der Waals surface area (Å²) >= 11 is 0. The summed E-state index contributed by atoms with van der Waals surface area (Å²) in [4.78, 5) is 28.0. The predicted octanol–water partition coefficient (Wildman–Crippen LogP) is 0.986. The fourth-order valence-corrected chi connectivity index (χ4v) is 4.46. The summed E-state index contributed by atoms with van der Waals surface area (Å²) in [5.41, 5.74) is 0. The molecule has 21 heavy (non-hydrogen) atoms. The molecule has 118 valence electrons. The van der Waals surface area contributed by atoms with Gasteiger partial charge in [-0.3, -0.25) is 9.59 Å². The van der Waals surface area contributed by atoms with Crippen LogP contribution in [0, 0.1) is 5.92 Å². The first-order valence-electron chi connectivity index (χ1n) is 8.29. The highest BCUT2D eigenvalue weighted by Gasteiger charge is 2.39. The highest BCUT2D eigenvalue weighted by molar-refractivity contribution is 5.77. The first-order valence-corrected chi connectivity index (χ1v) is 8.29. The van der Waals surface area contributed by atoms with Gasteiger partial charge >= 0.3 is 0 Å². The van der Waals surface area contributed by atoms with Crippen molar-refractivity contribution in [1.29, 1.82) is 0 Å². The second kappa shape index (κ2) is 5.95. The monoisotopic (exact) mass is 293 g/mol. The maximum absolute atomic E-state index is 12.5. The van der Waals surface area contributed by atoms with E-state index in [0.717, 1.165) is 13.0 Å². The smallest absolute Gasteiger partial charge is 0.222 e. The molecule has 0 aliphatic carbocycles. The Labute approximate surface area is 127 Å². The molecule has 3 aliphatic rings. The number of nitrogens with one attached hydrogen (secondary N) is 1. The van der Waals surface area contributed by atoms with Crippen molar-refractivity contribution in [3.05, 3.63) is 0 Å². The predicted molar refractivity (Wildman–Crippen MR) is 80.7 cm³/mol. The van der Waals surface area contributed by atoms with Gasteiger partial charge in [0, 0.05) is 44.6 Å². The maximum atomic E-state index is 12.5. The fourth-order valence-electron chi connectivity index (χ4n) is 4.46. The number of nitrogens with zero attached hydrogens (tertiary/aromatic N) is 2. The van der Waals surface area contributed by atoms with Gasteiger partial charge < -0.3 is 15.1 Å². The molecule has 0 aromatic carbocycles. The molecule has 2 amide bonds. The lowest BCUT2D eigenvalue weighted by Crippen LogP contribution is -2.42. The first kappa shape index (κ1) is 14.8. The van der Waals surface area contributed by atoms with E-state index in [0.29, 0.717) is 31.0 Å². The molecule has 3 saturated heterocycles. The van der Waals surface area contributed by atoms with Crippen LogP contribution in [-0.4, -0.2) is 59.9 Å². The van der Waals surface area contributed by atoms with Crippen LogP contribution in [0.2, 0.25) is 0 Å². The zero-order valence-corrected chi connectivity index (χ0v) is 13.2. The van der Waals surface area contributed by atoms with Crippen molar-refractivity contribution >= 4 is 11.8 Å². The summed E-state index contributed by atoms with van der Waals surface area (Å²) in [5.74, 6) is 0.851. The number of fused-ring (bicyclic) bond motifs is 2. The Balaban J connectivity index is 1.48. The Morgan fingerprint density at radius 3 is 2.43 bits per heavy atom. The van der Waals surface area contributed by atoms with Crippen LogP contribution >= 0.6 is 0 Å². The van der Waals surface area contributed by atoms with Crippen LogP contribution in [0.25, 0.3) is 0 Å². The molecule has 3 rings (SSSR count). The van der Waals surface area contributed by atoms with E-state index in [1.54, 1.807) is 6.92 Å². The van der Waals surface area contributed by atoms with Crippen LogP contribution in [0.5, 0.6) is 0 Å². The zero-order valence-electron chi connectivity index (χ0n) is 13.2. The van der Waals surface area contributed by atoms with E-state index in [9.17, 15) is 9.59 Å². The third-order valence-electron chi connectivity index (χ3n) is 5.61. The number of hydrogen-bond donors (Lipinski definition) is 1. The molecule has 1 N–H and O–H groups in total. The van der Waals surface area contributed by atoms with Gasteiger partial charge in [-0.05, 0) is 45.1 Å².